The minimum absolute atomic E-state index is 0.391. The van der Waals surface area contributed by atoms with Crippen LogP contribution in [0.4, 0.5) is 5.69 Å². The Balaban J connectivity index is 1.81. The summed E-state index contributed by atoms with van der Waals surface area (Å²) in [7, 11) is 0. The smallest absolute Gasteiger partial charge is 0.0498 e. The van der Waals surface area contributed by atoms with Crippen molar-refractivity contribution in [1.29, 1.82) is 0 Å². The summed E-state index contributed by atoms with van der Waals surface area (Å²) in [6.07, 6.45) is 2.47. The molecule has 1 heterocycles. The van der Waals surface area contributed by atoms with Gasteiger partial charge in [-0.15, -0.1) is 0 Å². The Hall–Kier alpha value is -1.80. The van der Waals surface area contributed by atoms with Gasteiger partial charge in [-0.3, -0.25) is 0 Å². The van der Waals surface area contributed by atoms with Crippen LogP contribution in [0.5, 0.6) is 0 Å². The second kappa shape index (κ2) is 6.77. The van der Waals surface area contributed by atoms with Crippen LogP contribution in [-0.2, 0) is 6.42 Å². The number of rotatable bonds is 5. The van der Waals surface area contributed by atoms with Gasteiger partial charge in [0.15, 0.2) is 0 Å². The molecule has 0 saturated heterocycles. The highest BCUT2D eigenvalue weighted by Crippen LogP contribution is 2.28. The van der Waals surface area contributed by atoms with Crippen molar-refractivity contribution < 1.29 is 0 Å². The number of fused-ring (bicyclic) bond motifs is 1. The number of nitrogens with one attached hydrogen (secondary N) is 1. The predicted molar refractivity (Wildman–Crippen MR) is 89.8 cm³/mol. The van der Waals surface area contributed by atoms with Crippen LogP contribution in [0, 0.1) is 0 Å². The number of likely N-dealkylation sites (N-methyl/N-ethyl adjacent to an activating group) is 1. The first-order valence-electron chi connectivity index (χ1n) is 7.99. The van der Waals surface area contributed by atoms with Gasteiger partial charge < -0.3 is 10.2 Å². The van der Waals surface area contributed by atoms with E-state index in [0.717, 1.165) is 19.6 Å². The van der Waals surface area contributed by atoms with E-state index in [9.17, 15) is 0 Å². The molecule has 0 amide bonds. The van der Waals surface area contributed by atoms with Crippen LogP contribution < -0.4 is 10.2 Å². The Kier molecular flexibility index (Phi) is 4.56. The largest absolute Gasteiger partial charge is 0.369 e. The van der Waals surface area contributed by atoms with Gasteiger partial charge in [-0.25, -0.2) is 0 Å². The molecule has 2 aromatic rings. The van der Waals surface area contributed by atoms with E-state index >= 15 is 0 Å². The monoisotopic (exact) mass is 280 g/mol. The molecule has 0 aliphatic carbocycles. The van der Waals surface area contributed by atoms with Crippen LogP contribution in [0.15, 0.2) is 54.6 Å². The van der Waals surface area contributed by atoms with Crippen molar-refractivity contribution in [1.82, 2.24) is 5.32 Å². The van der Waals surface area contributed by atoms with Crippen LogP contribution in [0.1, 0.15) is 30.5 Å². The number of benzene rings is 2. The molecule has 0 spiro atoms. The fourth-order valence-corrected chi connectivity index (χ4v) is 3.24. The van der Waals surface area contributed by atoms with Gasteiger partial charge in [0.05, 0.1) is 0 Å². The van der Waals surface area contributed by atoms with E-state index in [1.165, 1.54) is 29.7 Å². The fraction of sp³-hybridized carbons (Fsp3) is 0.368. The van der Waals surface area contributed by atoms with Gasteiger partial charge in [0.25, 0.3) is 0 Å². The summed E-state index contributed by atoms with van der Waals surface area (Å²) in [6.45, 7) is 5.37. The van der Waals surface area contributed by atoms with E-state index in [-0.39, 0.29) is 0 Å². The molecular weight excluding hydrogens is 256 g/mol. The Labute approximate surface area is 127 Å². The summed E-state index contributed by atoms with van der Waals surface area (Å²) in [4.78, 5) is 2.54. The molecule has 1 aliphatic rings. The zero-order valence-corrected chi connectivity index (χ0v) is 12.8. The molecule has 0 aromatic heterocycles. The maximum absolute atomic E-state index is 3.64. The molecule has 2 aromatic carbocycles. The molecule has 0 fully saturated rings. The molecule has 21 heavy (non-hydrogen) atoms. The molecule has 3 rings (SSSR count). The van der Waals surface area contributed by atoms with Gasteiger partial charge in [-0.2, -0.15) is 0 Å². The van der Waals surface area contributed by atoms with Gasteiger partial charge in [0, 0.05) is 24.8 Å². The van der Waals surface area contributed by atoms with Crippen molar-refractivity contribution in [2.24, 2.45) is 0 Å². The van der Waals surface area contributed by atoms with Gasteiger partial charge in [-0.05, 0) is 36.6 Å². The number of aryl methyl sites for hydroxylation is 1. The fourth-order valence-electron chi connectivity index (χ4n) is 3.24. The average molecular weight is 280 g/mol. The van der Waals surface area contributed by atoms with E-state index in [2.05, 4.69) is 71.7 Å². The lowest BCUT2D eigenvalue weighted by molar-refractivity contribution is 0.527. The lowest BCUT2D eigenvalue weighted by atomic mass is 9.99. The lowest BCUT2D eigenvalue weighted by Crippen LogP contribution is -2.38. The normalized spacial score (nSPS) is 15.6. The number of hydrogen-bond donors (Lipinski definition) is 1. The summed E-state index contributed by atoms with van der Waals surface area (Å²) in [5.41, 5.74) is 4.29. The van der Waals surface area contributed by atoms with Crippen LogP contribution >= 0.6 is 0 Å². The van der Waals surface area contributed by atoms with Crippen molar-refractivity contribution in [3.05, 3.63) is 65.7 Å². The van der Waals surface area contributed by atoms with E-state index in [1.807, 2.05) is 0 Å². The summed E-state index contributed by atoms with van der Waals surface area (Å²) in [6, 6.07) is 20.0. The summed E-state index contributed by atoms with van der Waals surface area (Å²) in [5, 5.41) is 3.64. The minimum Gasteiger partial charge on any atom is -0.369 e. The number of nitrogens with zero attached hydrogens (tertiary/aromatic N) is 1. The molecule has 1 N–H and O–H groups in total. The van der Waals surface area contributed by atoms with E-state index in [4.69, 9.17) is 0 Å². The predicted octanol–water partition coefficient (Wildman–Crippen LogP) is 3.79. The lowest BCUT2D eigenvalue weighted by Gasteiger charge is -2.34. The third-order valence-electron chi connectivity index (χ3n) is 4.26. The van der Waals surface area contributed by atoms with Gasteiger partial charge in [0.1, 0.15) is 0 Å². The molecule has 0 radical (unpaired) electrons. The second-order valence-electron chi connectivity index (χ2n) is 5.70. The van der Waals surface area contributed by atoms with Crippen molar-refractivity contribution in [3.8, 4) is 0 Å². The van der Waals surface area contributed by atoms with E-state index < -0.39 is 0 Å². The highest BCUT2D eigenvalue weighted by atomic mass is 15.2. The molecule has 1 atom stereocenters. The number of hydrogen-bond acceptors (Lipinski definition) is 2. The topological polar surface area (TPSA) is 15.3 Å². The van der Waals surface area contributed by atoms with E-state index in [0.29, 0.717) is 6.04 Å². The number of para-hydroxylation sites is 1. The van der Waals surface area contributed by atoms with Crippen LogP contribution in [0.3, 0.4) is 0 Å². The van der Waals surface area contributed by atoms with Crippen LogP contribution in [-0.4, -0.2) is 19.6 Å². The number of anilines is 1. The molecule has 2 nitrogen and oxygen atoms in total. The van der Waals surface area contributed by atoms with Gasteiger partial charge in [0.2, 0.25) is 0 Å². The van der Waals surface area contributed by atoms with Crippen molar-refractivity contribution in [2.75, 3.05) is 24.5 Å². The maximum Gasteiger partial charge on any atom is 0.0498 e. The zero-order valence-electron chi connectivity index (χ0n) is 12.8. The van der Waals surface area contributed by atoms with E-state index in [1.54, 1.807) is 0 Å². The third kappa shape index (κ3) is 3.27. The minimum atomic E-state index is 0.391. The van der Waals surface area contributed by atoms with Crippen molar-refractivity contribution in [3.63, 3.8) is 0 Å². The molecule has 2 heteroatoms. The zero-order chi connectivity index (χ0) is 14.5. The molecule has 1 unspecified atom stereocenters. The first kappa shape index (κ1) is 14.2. The maximum atomic E-state index is 3.64. The third-order valence-corrected chi connectivity index (χ3v) is 4.26. The van der Waals surface area contributed by atoms with Crippen molar-refractivity contribution in [2.45, 2.75) is 25.8 Å². The molecular formula is C19H24N2. The Morgan fingerprint density at radius 2 is 1.81 bits per heavy atom. The first-order valence-corrected chi connectivity index (χ1v) is 7.99. The molecule has 110 valence electrons. The van der Waals surface area contributed by atoms with Gasteiger partial charge >= 0.3 is 0 Å². The first-order chi connectivity index (χ1) is 10.4. The summed E-state index contributed by atoms with van der Waals surface area (Å²) in [5.74, 6) is 0. The molecule has 1 aliphatic heterocycles. The average Bonchev–Trinajstić information content (AvgIpc) is 2.55. The quantitative estimate of drug-likeness (QED) is 0.896. The SMILES string of the molecule is CCNC(CN1CCCc2ccccc21)c1ccccc1. The molecule has 0 saturated carbocycles. The summed E-state index contributed by atoms with van der Waals surface area (Å²) >= 11 is 0. The van der Waals surface area contributed by atoms with Crippen LogP contribution in [0.25, 0.3) is 0 Å². The van der Waals surface area contributed by atoms with Gasteiger partial charge in [-0.1, -0.05) is 55.5 Å². The highest BCUT2D eigenvalue weighted by molar-refractivity contribution is 5.55. The standard InChI is InChI=1S/C19H24N2/c1-2-20-18(16-9-4-3-5-10-16)15-21-14-8-12-17-11-6-7-13-19(17)21/h3-7,9-11,13,18,20H,2,8,12,14-15H2,1H3. The van der Waals surface area contributed by atoms with Crippen LogP contribution in [0.2, 0.25) is 0 Å². The Morgan fingerprint density at radius 1 is 1.05 bits per heavy atom. The highest BCUT2D eigenvalue weighted by Gasteiger charge is 2.20. The Morgan fingerprint density at radius 3 is 2.62 bits per heavy atom. The summed E-state index contributed by atoms with van der Waals surface area (Å²) < 4.78 is 0. The molecule has 0 bridgehead atoms. The second-order valence-corrected chi connectivity index (χ2v) is 5.70. The Bertz CT molecular complexity index is 565. The van der Waals surface area contributed by atoms with Crippen molar-refractivity contribution >= 4 is 5.69 Å².